The number of piperidine rings is 1. The van der Waals surface area contributed by atoms with E-state index < -0.39 is 0 Å². The Labute approximate surface area is 155 Å². The van der Waals surface area contributed by atoms with Gasteiger partial charge in [-0.15, -0.1) is 0 Å². The van der Waals surface area contributed by atoms with Crippen LogP contribution in [0, 0.1) is 6.92 Å². The number of halogens is 3. The van der Waals surface area contributed by atoms with E-state index in [1.54, 1.807) is 13.0 Å². The average Bonchev–Trinajstić information content (AvgIpc) is 2.83. The topological polar surface area (TPSA) is 61.0 Å². The van der Waals surface area contributed by atoms with Crippen LogP contribution in [0.4, 0.5) is 5.82 Å². The summed E-state index contributed by atoms with van der Waals surface area (Å²) in [5.74, 6) is 0.636. The quantitative estimate of drug-likeness (QED) is 0.780. The molecule has 0 atom stereocenters. The minimum atomic E-state index is -0.227. The summed E-state index contributed by atoms with van der Waals surface area (Å²) >= 11 is 18.0. The Hall–Kier alpha value is -1.43. The molecule has 128 valence electrons. The molecule has 2 aromatic rings. The van der Waals surface area contributed by atoms with Gasteiger partial charge in [0.05, 0.1) is 10.0 Å². The Morgan fingerprint density at radius 3 is 2.54 bits per heavy atom. The zero-order chi connectivity index (χ0) is 17.3. The Bertz CT molecular complexity index is 754. The predicted molar refractivity (Wildman–Crippen MR) is 97.5 cm³/mol. The van der Waals surface area contributed by atoms with Gasteiger partial charge in [0.25, 0.3) is 5.91 Å². The smallest absolute Gasteiger partial charge is 0.269 e. The van der Waals surface area contributed by atoms with Crippen LogP contribution in [0.1, 0.15) is 29.0 Å². The molecule has 1 aliphatic heterocycles. The lowest BCUT2D eigenvalue weighted by molar-refractivity contribution is 0.0926. The fourth-order valence-corrected chi connectivity index (χ4v) is 3.39. The second-order valence-corrected chi connectivity index (χ2v) is 6.95. The molecule has 3 heterocycles. The van der Waals surface area contributed by atoms with Crippen LogP contribution in [0.3, 0.4) is 0 Å². The van der Waals surface area contributed by atoms with Crippen LogP contribution in [0.15, 0.2) is 18.2 Å². The molecular formula is C16H17Cl3N4O. The highest BCUT2D eigenvalue weighted by atomic mass is 35.5. The number of pyridine rings is 1. The molecule has 3 rings (SSSR count). The van der Waals surface area contributed by atoms with Gasteiger partial charge in [0.15, 0.2) is 0 Å². The molecular weight excluding hydrogens is 371 g/mol. The number of hydrogen-bond acceptors (Lipinski definition) is 3. The summed E-state index contributed by atoms with van der Waals surface area (Å²) in [7, 11) is 0. The standard InChI is InChI=1S/C16H17Cl3N4O/c1-9-13(18)14(19)15(20-9)16(24)21-10-5-7-23(8-6-10)12-4-2-3-11(17)22-12/h2-4,10,20H,5-8H2,1H3,(H,21,24). The van der Waals surface area contributed by atoms with E-state index >= 15 is 0 Å². The molecule has 0 unspecified atom stereocenters. The van der Waals surface area contributed by atoms with E-state index in [-0.39, 0.29) is 17.0 Å². The number of anilines is 1. The summed E-state index contributed by atoms with van der Waals surface area (Å²) in [4.78, 5) is 21.8. The minimum absolute atomic E-state index is 0.0892. The van der Waals surface area contributed by atoms with Crippen molar-refractivity contribution in [3.8, 4) is 0 Å². The van der Waals surface area contributed by atoms with Crippen LogP contribution in [-0.2, 0) is 0 Å². The lowest BCUT2D eigenvalue weighted by Crippen LogP contribution is -2.45. The molecule has 0 saturated carbocycles. The molecule has 1 saturated heterocycles. The van der Waals surface area contributed by atoms with Gasteiger partial charge in [0.1, 0.15) is 16.7 Å². The zero-order valence-corrected chi connectivity index (χ0v) is 15.3. The summed E-state index contributed by atoms with van der Waals surface area (Å²) in [5.41, 5.74) is 1.01. The van der Waals surface area contributed by atoms with Gasteiger partial charge in [0, 0.05) is 24.8 Å². The van der Waals surface area contributed by atoms with Crippen molar-refractivity contribution in [1.29, 1.82) is 0 Å². The second kappa shape index (κ2) is 7.21. The van der Waals surface area contributed by atoms with Gasteiger partial charge in [-0.2, -0.15) is 0 Å². The number of aryl methyl sites for hydroxylation is 1. The highest BCUT2D eigenvalue weighted by Gasteiger charge is 2.24. The third-order valence-corrected chi connectivity index (χ3v) is 5.29. The second-order valence-electron chi connectivity index (χ2n) is 5.81. The number of rotatable bonds is 3. The van der Waals surface area contributed by atoms with Crippen LogP contribution < -0.4 is 10.2 Å². The molecule has 0 aromatic carbocycles. The number of nitrogens with zero attached hydrogens (tertiary/aromatic N) is 2. The van der Waals surface area contributed by atoms with Crippen molar-refractivity contribution in [2.45, 2.75) is 25.8 Å². The number of aromatic amines is 1. The summed E-state index contributed by atoms with van der Waals surface area (Å²) in [6, 6.07) is 5.67. The van der Waals surface area contributed by atoms with Crippen LogP contribution in [-0.4, -0.2) is 35.0 Å². The third kappa shape index (κ3) is 3.63. The van der Waals surface area contributed by atoms with E-state index in [2.05, 4.69) is 20.2 Å². The van der Waals surface area contributed by atoms with E-state index in [9.17, 15) is 4.79 Å². The molecule has 5 nitrogen and oxygen atoms in total. The predicted octanol–water partition coefficient (Wildman–Crippen LogP) is 4.08. The highest BCUT2D eigenvalue weighted by molar-refractivity contribution is 6.44. The van der Waals surface area contributed by atoms with Gasteiger partial charge < -0.3 is 15.2 Å². The zero-order valence-electron chi connectivity index (χ0n) is 13.1. The third-order valence-electron chi connectivity index (χ3n) is 4.14. The maximum Gasteiger partial charge on any atom is 0.269 e. The normalized spacial score (nSPS) is 15.6. The molecule has 0 radical (unpaired) electrons. The maximum absolute atomic E-state index is 12.4. The first-order valence-electron chi connectivity index (χ1n) is 7.67. The van der Waals surface area contributed by atoms with Crippen LogP contribution in [0.2, 0.25) is 15.2 Å². The van der Waals surface area contributed by atoms with Crippen molar-refractivity contribution in [3.05, 3.63) is 44.8 Å². The van der Waals surface area contributed by atoms with Crippen molar-refractivity contribution < 1.29 is 4.79 Å². The highest BCUT2D eigenvalue weighted by Crippen LogP contribution is 2.29. The summed E-state index contributed by atoms with van der Waals surface area (Å²) < 4.78 is 0. The number of carbonyl (C=O) groups excluding carboxylic acids is 1. The average molecular weight is 388 g/mol. The first-order chi connectivity index (χ1) is 11.5. The molecule has 1 fully saturated rings. The van der Waals surface area contributed by atoms with Crippen molar-refractivity contribution >= 4 is 46.5 Å². The molecule has 1 amide bonds. The Morgan fingerprint density at radius 1 is 1.25 bits per heavy atom. The van der Waals surface area contributed by atoms with E-state index in [0.29, 0.717) is 21.6 Å². The van der Waals surface area contributed by atoms with Gasteiger partial charge in [0.2, 0.25) is 0 Å². The Balaban J connectivity index is 1.59. The molecule has 0 bridgehead atoms. The van der Waals surface area contributed by atoms with Crippen LogP contribution >= 0.6 is 34.8 Å². The lowest BCUT2D eigenvalue weighted by Gasteiger charge is -2.33. The molecule has 2 aromatic heterocycles. The first kappa shape index (κ1) is 17.4. The van der Waals surface area contributed by atoms with E-state index in [0.717, 1.165) is 31.7 Å². The number of amides is 1. The summed E-state index contributed by atoms with van der Waals surface area (Å²) in [6.45, 7) is 3.38. The number of nitrogens with one attached hydrogen (secondary N) is 2. The number of hydrogen-bond donors (Lipinski definition) is 2. The molecule has 1 aliphatic rings. The number of H-pyrrole nitrogens is 1. The fraction of sp³-hybridized carbons (Fsp3) is 0.375. The van der Waals surface area contributed by atoms with Crippen molar-refractivity contribution in [2.75, 3.05) is 18.0 Å². The van der Waals surface area contributed by atoms with Crippen molar-refractivity contribution in [3.63, 3.8) is 0 Å². The fourth-order valence-electron chi connectivity index (χ4n) is 2.81. The largest absolute Gasteiger partial charge is 0.356 e. The number of carbonyl (C=O) groups is 1. The van der Waals surface area contributed by atoms with Crippen LogP contribution in [0.25, 0.3) is 0 Å². The first-order valence-corrected chi connectivity index (χ1v) is 8.81. The van der Waals surface area contributed by atoms with Crippen molar-refractivity contribution in [2.24, 2.45) is 0 Å². The van der Waals surface area contributed by atoms with Crippen LogP contribution in [0.5, 0.6) is 0 Å². The maximum atomic E-state index is 12.4. The minimum Gasteiger partial charge on any atom is -0.356 e. The summed E-state index contributed by atoms with van der Waals surface area (Å²) in [5, 5.41) is 4.16. The van der Waals surface area contributed by atoms with Gasteiger partial charge in [-0.3, -0.25) is 4.79 Å². The van der Waals surface area contributed by atoms with Gasteiger partial charge in [-0.25, -0.2) is 4.98 Å². The molecule has 8 heteroatoms. The molecule has 0 spiro atoms. The monoisotopic (exact) mass is 386 g/mol. The SMILES string of the molecule is Cc1[nH]c(C(=O)NC2CCN(c3cccc(Cl)n3)CC2)c(Cl)c1Cl. The molecule has 0 aliphatic carbocycles. The molecule has 2 N–H and O–H groups in total. The van der Waals surface area contributed by atoms with Gasteiger partial charge in [-0.05, 0) is 31.9 Å². The van der Waals surface area contributed by atoms with Gasteiger partial charge in [-0.1, -0.05) is 40.9 Å². The molecule has 24 heavy (non-hydrogen) atoms. The van der Waals surface area contributed by atoms with E-state index in [1.807, 2.05) is 12.1 Å². The van der Waals surface area contributed by atoms with Crippen molar-refractivity contribution in [1.82, 2.24) is 15.3 Å². The lowest BCUT2D eigenvalue weighted by atomic mass is 10.0. The van der Waals surface area contributed by atoms with E-state index in [4.69, 9.17) is 34.8 Å². The Morgan fingerprint density at radius 2 is 1.96 bits per heavy atom. The Kier molecular flexibility index (Phi) is 5.23. The number of aromatic nitrogens is 2. The summed E-state index contributed by atoms with van der Waals surface area (Å²) in [6.07, 6.45) is 1.65. The van der Waals surface area contributed by atoms with Gasteiger partial charge >= 0.3 is 0 Å². The van der Waals surface area contributed by atoms with E-state index in [1.165, 1.54) is 0 Å².